The Labute approximate surface area is 132 Å². The van der Waals surface area contributed by atoms with Crippen molar-refractivity contribution in [2.75, 3.05) is 10.8 Å². The van der Waals surface area contributed by atoms with Gasteiger partial charge in [-0.3, -0.25) is 4.31 Å². The molecule has 0 aliphatic heterocycles. The SMILES string of the molecule is C=CCN(c1ccccc1)S(=O)(=O)c1ccccc1C(F)(F)F. The topological polar surface area (TPSA) is 37.4 Å². The first-order chi connectivity index (χ1) is 10.8. The molecule has 23 heavy (non-hydrogen) atoms. The molecule has 2 rings (SSSR count). The Morgan fingerprint density at radius 1 is 1.00 bits per heavy atom. The Hall–Kier alpha value is -2.28. The fourth-order valence-corrected chi connectivity index (χ4v) is 3.75. The normalized spacial score (nSPS) is 12.0. The van der Waals surface area contributed by atoms with Crippen molar-refractivity contribution in [2.45, 2.75) is 11.1 Å². The largest absolute Gasteiger partial charge is 0.417 e. The minimum atomic E-state index is -4.76. The second-order valence-corrected chi connectivity index (χ2v) is 6.49. The highest BCUT2D eigenvalue weighted by Crippen LogP contribution is 2.36. The average Bonchev–Trinajstić information content (AvgIpc) is 2.52. The Kier molecular flexibility index (Phi) is 4.79. The molecule has 122 valence electrons. The first-order valence-electron chi connectivity index (χ1n) is 6.63. The number of para-hydroxylation sites is 1. The average molecular weight is 341 g/mol. The van der Waals surface area contributed by atoms with Crippen LogP contribution in [0.3, 0.4) is 0 Å². The zero-order chi connectivity index (χ0) is 17.1. The van der Waals surface area contributed by atoms with Crippen molar-refractivity contribution >= 4 is 15.7 Å². The van der Waals surface area contributed by atoms with Crippen LogP contribution in [0.15, 0.2) is 72.1 Å². The highest BCUT2D eigenvalue weighted by atomic mass is 32.2. The van der Waals surface area contributed by atoms with Gasteiger partial charge in [-0.05, 0) is 24.3 Å². The minimum absolute atomic E-state index is 0.140. The van der Waals surface area contributed by atoms with Crippen LogP contribution < -0.4 is 4.31 Å². The van der Waals surface area contributed by atoms with E-state index in [1.807, 2.05) is 0 Å². The highest BCUT2D eigenvalue weighted by Gasteiger charge is 2.38. The van der Waals surface area contributed by atoms with Gasteiger partial charge in [0.1, 0.15) is 0 Å². The fourth-order valence-electron chi connectivity index (χ4n) is 2.10. The molecular weight excluding hydrogens is 327 g/mol. The Balaban J connectivity index is 2.63. The number of rotatable bonds is 5. The van der Waals surface area contributed by atoms with Gasteiger partial charge < -0.3 is 0 Å². The van der Waals surface area contributed by atoms with Crippen molar-refractivity contribution in [1.82, 2.24) is 0 Å². The van der Waals surface area contributed by atoms with Gasteiger partial charge in [-0.25, -0.2) is 8.42 Å². The third-order valence-electron chi connectivity index (χ3n) is 3.10. The van der Waals surface area contributed by atoms with Gasteiger partial charge in [0.05, 0.1) is 22.7 Å². The van der Waals surface area contributed by atoms with Crippen molar-refractivity contribution in [3.8, 4) is 0 Å². The monoisotopic (exact) mass is 341 g/mol. The van der Waals surface area contributed by atoms with Crippen LogP contribution in [-0.4, -0.2) is 15.0 Å². The number of hydrogen-bond acceptors (Lipinski definition) is 2. The maximum Gasteiger partial charge on any atom is 0.417 e. The van der Waals surface area contributed by atoms with Crippen LogP contribution in [0, 0.1) is 0 Å². The van der Waals surface area contributed by atoms with E-state index in [2.05, 4.69) is 6.58 Å². The third kappa shape index (κ3) is 3.56. The fraction of sp³-hybridized carbons (Fsp3) is 0.125. The Bertz CT molecular complexity index is 786. The third-order valence-corrected chi connectivity index (χ3v) is 4.95. The molecule has 0 radical (unpaired) electrons. The quantitative estimate of drug-likeness (QED) is 0.768. The van der Waals surface area contributed by atoms with E-state index in [0.29, 0.717) is 0 Å². The number of benzene rings is 2. The van der Waals surface area contributed by atoms with Crippen LogP contribution in [0.2, 0.25) is 0 Å². The molecule has 3 nitrogen and oxygen atoms in total. The molecule has 0 bridgehead atoms. The Morgan fingerprint density at radius 3 is 2.13 bits per heavy atom. The lowest BCUT2D eigenvalue weighted by Gasteiger charge is -2.24. The predicted octanol–water partition coefficient (Wildman–Crippen LogP) is 4.09. The summed E-state index contributed by atoms with van der Waals surface area (Å²) >= 11 is 0. The molecule has 2 aromatic carbocycles. The van der Waals surface area contributed by atoms with E-state index < -0.39 is 26.7 Å². The van der Waals surface area contributed by atoms with E-state index in [4.69, 9.17) is 0 Å². The van der Waals surface area contributed by atoms with Gasteiger partial charge in [0.25, 0.3) is 10.0 Å². The summed E-state index contributed by atoms with van der Waals surface area (Å²) in [7, 11) is -4.39. The zero-order valence-corrected chi connectivity index (χ0v) is 12.8. The molecule has 2 aromatic rings. The summed E-state index contributed by atoms with van der Waals surface area (Å²) in [6.45, 7) is 3.34. The van der Waals surface area contributed by atoms with E-state index in [1.165, 1.54) is 24.3 Å². The molecule has 0 N–H and O–H groups in total. The molecular formula is C16H14F3NO2S. The lowest BCUT2D eigenvalue weighted by atomic mass is 10.2. The number of hydrogen-bond donors (Lipinski definition) is 0. The smallest absolute Gasteiger partial charge is 0.263 e. The molecule has 0 aliphatic carbocycles. The summed E-state index contributed by atoms with van der Waals surface area (Å²) in [6.07, 6.45) is -3.44. The van der Waals surface area contributed by atoms with Crippen LogP contribution in [-0.2, 0) is 16.2 Å². The first-order valence-corrected chi connectivity index (χ1v) is 8.07. The molecule has 7 heteroatoms. The number of nitrogens with zero attached hydrogens (tertiary/aromatic N) is 1. The maximum absolute atomic E-state index is 13.1. The van der Waals surface area contributed by atoms with Crippen molar-refractivity contribution in [1.29, 1.82) is 0 Å². The molecule has 0 aromatic heterocycles. The van der Waals surface area contributed by atoms with E-state index in [1.54, 1.807) is 18.2 Å². The minimum Gasteiger partial charge on any atom is -0.263 e. The number of alkyl halides is 3. The van der Waals surface area contributed by atoms with Gasteiger partial charge >= 0.3 is 6.18 Å². The van der Waals surface area contributed by atoms with Gasteiger partial charge in [-0.15, -0.1) is 6.58 Å². The van der Waals surface area contributed by atoms with E-state index in [-0.39, 0.29) is 12.2 Å². The standard InChI is InChI=1S/C16H14F3NO2S/c1-2-12-20(13-8-4-3-5-9-13)23(21,22)15-11-7-6-10-14(15)16(17,18)19/h2-11H,1,12H2. The number of anilines is 1. The van der Waals surface area contributed by atoms with Gasteiger partial charge in [0.2, 0.25) is 0 Å². The zero-order valence-electron chi connectivity index (χ0n) is 12.0. The number of halogens is 3. The molecule has 0 heterocycles. The molecule has 0 saturated heterocycles. The van der Waals surface area contributed by atoms with E-state index in [9.17, 15) is 21.6 Å². The predicted molar refractivity (Wildman–Crippen MR) is 82.6 cm³/mol. The molecule has 0 fully saturated rings. The summed E-state index contributed by atoms with van der Waals surface area (Å²) < 4.78 is 65.8. The van der Waals surface area contributed by atoms with Crippen molar-refractivity contribution in [2.24, 2.45) is 0 Å². The lowest BCUT2D eigenvalue weighted by molar-refractivity contribution is -0.139. The second kappa shape index (κ2) is 6.45. The van der Waals surface area contributed by atoms with Crippen LogP contribution >= 0.6 is 0 Å². The molecule has 0 saturated carbocycles. The van der Waals surface area contributed by atoms with Crippen molar-refractivity contribution in [3.05, 3.63) is 72.8 Å². The second-order valence-electron chi connectivity index (χ2n) is 4.65. The summed E-state index contributed by atoms with van der Waals surface area (Å²) in [5, 5.41) is 0. The highest BCUT2D eigenvalue weighted by molar-refractivity contribution is 7.92. The molecule has 0 amide bonds. The molecule has 0 aliphatic rings. The number of sulfonamides is 1. The lowest BCUT2D eigenvalue weighted by Crippen LogP contribution is -2.32. The van der Waals surface area contributed by atoms with Crippen LogP contribution in [0.5, 0.6) is 0 Å². The molecule has 0 atom stereocenters. The summed E-state index contributed by atoms with van der Waals surface area (Å²) in [6, 6.07) is 12.1. The van der Waals surface area contributed by atoms with Crippen LogP contribution in [0.4, 0.5) is 18.9 Å². The van der Waals surface area contributed by atoms with Gasteiger partial charge in [0, 0.05) is 0 Å². The van der Waals surface area contributed by atoms with Gasteiger partial charge in [0.15, 0.2) is 0 Å². The Morgan fingerprint density at radius 2 is 1.57 bits per heavy atom. The summed E-state index contributed by atoms with van der Waals surface area (Å²) in [5.41, 5.74) is -0.922. The summed E-state index contributed by atoms with van der Waals surface area (Å²) in [5.74, 6) is 0. The van der Waals surface area contributed by atoms with Gasteiger partial charge in [-0.2, -0.15) is 13.2 Å². The van der Waals surface area contributed by atoms with Crippen molar-refractivity contribution in [3.63, 3.8) is 0 Å². The van der Waals surface area contributed by atoms with Gasteiger partial charge in [-0.1, -0.05) is 36.4 Å². The maximum atomic E-state index is 13.1. The molecule has 0 unspecified atom stereocenters. The van der Waals surface area contributed by atoms with Crippen molar-refractivity contribution < 1.29 is 21.6 Å². The van der Waals surface area contributed by atoms with E-state index in [0.717, 1.165) is 22.5 Å². The molecule has 0 spiro atoms. The van der Waals surface area contributed by atoms with Crippen LogP contribution in [0.1, 0.15) is 5.56 Å². The van der Waals surface area contributed by atoms with E-state index >= 15 is 0 Å². The van der Waals surface area contributed by atoms with Crippen LogP contribution in [0.25, 0.3) is 0 Å². The summed E-state index contributed by atoms with van der Waals surface area (Å²) in [4.78, 5) is -0.779. The first kappa shape index (κ1) is 17.1.